The summed E-state index contributed by atoms with van der Waals surface area (Å²) in [5.74, 6) is 1.82. The lowest BCUT2D eigenvalue weighted by atomic mass is 10.2. The predicted octanol–water partition coefficient (Wildman–Crippen LogP) is 2.91. The van der Waals surface area contributed by atoms with Crippen LogP contribution in [0.3, 0.4) is 0 Å². The topological polar surface area (TPSA) is 46.1 Å². The molecule has 0 bridgehead atoms. The van der Waals surface area contributed by atoms with E-state index in [1.807, 2.05) is 19.2 Å². The minimum atomic E-state index is 0.673. The van der Waals surface area contributed by atoms with E-state index >= 15 is 0 Å². The van der Waals surface area contributed by atoms with Gasteiger partial charge in [-0.15, -0.1) is 0 Å². The van der Waals surface area contributed by atoms with Crippen molar-refractivity contribution in [1.29, 1.82) is 0 Å². The lowest BCUT2D eigenvalue weighted by Crippen LogP contribution is -2.38. The van der Waals surface area contributed by atoms with E-state index in [0.29, 0.717) is 6.61 Å². The van der Waals surface area contributed by atoms with Gasteiger partial charge in [-0.25, -0.2) is 0 Å². The Morgan fingerprint density at radius 1 is 1.26 bits per heavy atom. The summed E-state index contributed by atoms with van der Waals surface area (Å²) in [6.07, 6.45) is 3.25. The molecule has 23 heavy (non-hydrogen) atoms. The summed E-state index contributed by atoms with van der Waals surface area (Å²) in [4.78, 5) is 6.50. The fourth-order valence-corrected chi connectivity index (χ4v) is 2.21. The van der Waals surface area contributed by atoms with Gasteiger partial charge in [0.2, 0.25) is 0 Å². The second kappa shape index (κ2) is 11.8. The lowest BCUT2D eigenvalue weighted by molar-refractivity contribution is 0.172. The molecule has 0 aliphatic rings. The van der Waals surface area contributed by atoms with Gasteiger partial charge in [-0.3, -0.25) is 4.99 Å². The summed E-state index contributed by atoms with van der Waals surface area (Å²) in [6.45, 7) is 5.34. The van der Waals surface area contributed by atoms with E-state index in [-0.39, 0.29) is 0 Å². The molecular weight excluding hydrogens is 290 g/mol. The molecule has 5 heteroatoms. The first kappa shape index (κ1) is 19.3. The van der Waals surface area contributed by atoms with Gasteiger partial charge in [0.15, 0.2) is 5.96 Å². The zero-order valence-electron chi connectivity index (χ0n) is 15.0. The summed E-state index contributed by atoms with van der Waals surface area (Å²) in [7, 11) is 5.59. The van der Waals surface area contributed by atoms with E-state index in [4.69, 9.17) is 9.47 Å². The van der Waals surface area contributed by atoms with Gasteiger partial charge in [-0.1, -0.05) is 25.5 Å². The molecule has 0 unspecified atom stereocenters. The van der Waals surface area contributed by atoms with Crippen LogP contribution in [0.25, 0.3) is 0 Å². The molecular formula is C18H31N3O2. The van der Waals surface area contributed by atoms with Gasteiger partial charge in [0, 0.05) is 47.3 Å². The predicted molar refractivity (Wildman–Crippen MR) is 96.2 cm³/mol. The molecule has 0 heterocycles. The average molecular weight is 321 g/mol. The van der Waals surface area contributed by atoms with Gasteiger partial charge in [0.25, 0.3) is 0 Å². The summed E-state index contributed by atoms with van der Waals surface area (Å²) in [5.41, 5.74) is 1.18. The Hall–Kier alpha value is -1.75. The highest BCUT2D eigenvalue weighted by atomic mass is 16.5. The molecule has 0 aliphatic heterocycles. The lowest BCUT2D eigenvalue weighted by Gasteiger charge is -2.22. The highest BCUT2D eigenvalue weighted by Crippen LogP contribution is 2.13. The maximum Gasteiger partial charge on any atom is 0.193 e. The number of ether oxygens (including phenoxy) is 2. The first-order valence-electron chi connectivity index (χ1n) is 8.33. The van der Waals surface area contributed by atoms with Crippen molar-refractivity contribution in [3.63, 3.8) is 0 Å². The van der Waals surface area contributed by atoms with Crippen LogP contribution in [-0.4, -0.2) is 51.8 Å². The number of aliphatic imine (C=N–C) groups is 1. The first-order chi connectivity index (χ1) is 11.2. The SMILES string of the molecule is CCCCN(C)C(=NC)NCc1cccc(OCCCOC)c1. The molecule has 130 valence electrons. The molecule has 0 aromatic heterocycles. The Morgan fingerprint density at radius 3 is 2.78 bits per heavy atom. The van der Waals surface area contributed by atoms with Crippen molar-refractivity contribution in [2.75, 3.05) is 41.0 Å². The monoisotopic (exact) mass is 321 g/mol. The van der Waals surface area contributed by atoms with Crippen molar-refractivity contribution < 1.29 is 9.47 Å². The normalized spacial score (nSPS) is 11.4. The molecule has 1 aromatic carbocycles. The number of methoxy groups -OCH3 is 1. The van der Waals surface area contributed by atoms with Gasteiger partial charge < -0.3 is 19.7 Å². The Bertz CT molecular complexity index is 463. The molecule has 0 spiro atoms. The van der Waals surface area contributed by atoms with Gasteiger partial charge in [0.1, 0.15) is 5.75 Å². The Morgan fingerprint density at radius 2 is 2.09 bits per heavy atom. The van der Waals surface area contributed by atoms with E-state index in [1.165, 1.54) is 18.4 Å². The van der Waals surface area contributed by atoms with Crippen molar-refractivity contribution in [2.24, 2.45) is 4.99 Å². The molecule has 0 atom stereocenters. The number of hydrogen-bond donors (Lipinski definition) is 1. The summed E-state index contributed by atoms with van der Waals surface area (Å²) >= 11 is 0. The minimum Gasteiger partial charge on any atom is -0.493 e. The molecule has 0 aliphatic carbocycles. The Labute approximate surface area is 140 Å². The van der Waals surface area contributed by atoms with E-state index in [0.717, 1.165) is 37.8 Å². The first-order valence-corrected chi connectivity index (χ1v) is 8.33. The van der Waals surface area contributed by atoms with E-state index < -0.39 is 0 Å². The zero-order valence-corrected chi connectivity index (χ0v) is 15.0. The maximum atomic E-state index is 5.73. The number of unbranched alkanes of at least 4 members (excludes halogenated alkanes) is 1. The molecule has 1 aromatic rings. The molecule has 1 N–H and O–H groups in total. The third-order valence-electron chi connectivity index (χ3n) is 3.53. The van der Waals surface area contributed by atoms with Crippen LogP contribution in [0.2, 0.25) is 0 Å². The average Bonchev–Trinajstić information content (AvgIpc) is 2.58. The number of rotatable bonds is 10. The zero-order chi connectivity index (χ0) is 16.9. The third kappa shape index (κ3) is 7.88. The fourth-order valence-electron chi connectivity index (χ4n) is 2.21. The summed E-state index contributed by atoms with van der Waals surface area (Å²) < 4.78 is 10.8. The van der Waals surface area contributed by atoms with Crippen molar-refractivity contribution in [1.82, 2.24) is 10.2 Å². The van der Waals surface area contributed by atoms with Crippen LogP contribution in [0.5, 0.6) is 5.75 Å². The van der Waals surface area contributed by atoms with E-state index in [1.54, 1.807) is 7.11 Å². The molecule has 0 amide bonds. The van der Waals surface area contributed by atoms with Crippen molar-refractivity contribution in [2.45, 2.75) is 32.7 Å². The number of nitrogens with one attached hydrogen (secondary N) is 1. The number of nitrogens with zero attached hydrogens (tertiary/aromatic N) is 2. The Kier molecular flexibility index (Phi) is 9.87. The molecule has 0 radical (unpaired) electrons. The molecule has 0 fully saturated rings. The summed E-state index contributed by atoms with van der Waals surface area (Å²) in [5, 5.41) is 3.40. The number of guanidine groups is 1. The second-order valence-corrected chi connectivity index (χ2v) is 5.52. The van der Waals surface area contributed by atoms with Crippen LogP contribution in [0.4, 0.5) is 0 Å². The number of hydrogen-bond acceptors (Lipinski definition) is 3. The third-order valence-corrected chi connectivity index (χ3v) is 3.53. The van der Waals surface area contributed by atoms with Crippen LogP contribution in [0.15, 0.2) is 29.3 Å². The number of benzene rings is 1. The van der Waals surface area contributed by atoms with Crippen LogP contribution in [0, 0.1) is 0 Å². The van der Waals surface area contributed by atoms with Crippen LogP contribution in [0.1, 0.15) is 31.7 Å². The standard InChI is InChI=1S/C18H31N3O2/c1-5-6-11-21(3)18(19-2)20-15-16-9-7-10-17(14-16)23-13-8-12-22-4/h7,9-10,14H,5-6,8,11-13,15H2,1-4H3,(H,19,20). The van der Waals surface area contributed by atoms with E-state index in [9.17, 15) is 0 Å². The van der Waals surface area contributed by atoms with Gasteiger partial charge in [0.05, 0.1) is 6.61 Å². The highest BCUT2D eigenvalue weighted by molar-refractivity contribution is 5.79. The smallest absolute Gasteiger partial charge is 0.193 e. The van der Waals surface area contributed by atoms with Crippen molar-refractivity contribution in [3.05, 3.63) is 29.8 Å². The molecule has 0 saturated heterocycles. The molecule has 1 rings (SSSR count). The molecule has 0 saturated carbocycles. The Balaban J connectivity index is 2.46. The van der Waals surface area contributed by atoms with Crippen LogP contribution in [-0.2, 0) is 11.3 Å². The van der Waals surface area contributed by atoms with Crippen LogP contribution >= 0.6 is 0 Å². The van der Waals surface area contributed by atoms with Crippen LogP contribution < -0.4 is 10.1 Å². The quantitative estimate of drug-likeness (QED) is 0.409. The second-order valence-electron chi connectivity index (χ2n) is 5.52. The highest BCUT2D eigenvalue weighted by Gasteiger charge is 2.05. The summed E-state index contributed by atoms with van der Waals surface area (Å²) in [6, 6.07) is 8.16. The van der Waals surface area contributed by atoms with Gasteiger partial charge in [-0.05, 0) is 24.1 Å². The fraction of sp³-hybridized carbons (Fsp3) is 0.611. The van der Waals surface area contributed by atoms with Gasteiger partial charge in [-0.2, -0.15) is 0 Å². The van der Waals surface area contributed by atoms with Crippen molar-refractivity contribution in [3.8, 4) is 5.75 Å². The largest absolute Gasteiger partial charge is 0.493 e. The van der Waals surface area contributed by atoms with E-state index in [2.05, 4.69) is 41.3 Å². The van der Waals surface area contributed by atoms with Gasteiger partial charge >= 0.3 is 0 Å². The minimum absolute atomic E-state index is 0.673. The van der Waals surface area contributed by atoms with Crippen molar-refractivity contribution >= 4 is 5.96 Å². The maximum absolute atomic E-state index is 5.73. The molecule has 5 nitrogen and oxygen atoms in total.